The smallest absolute Gasteiger partial charge is 0.389 e. The number of aliphatic carboxylic acids is 1. The zero-order valence-electron chi connectivity index (χ0n) is 11.2. The predicted octanol–water partition coefficient (Wildman–Crippen LogP) is 2.74. The minimum Gasteiger partial charge on any atom is -0.482 e. The van der Waals surface area contributed by atoms with Gasteiger partial charge in [-0.3, -0.25) is 4.79 Å². The molecule has 0 aromatic heterocycles. The van der Waals surface area contributed by atoms with Crippen LogP contribution in [-0.4, -0.2) is 29.8 Å². The van der Waals surface area contributed by atoms with Gasteiger partial charge in [0.05, 0.1) is 6.42 Å². The number of hydrogen-bond donors (Lipinski definition) is 2. The number of alkyl halides is 3. The van der Waals surface area contributed by atoms with Gasteiger partial charge in [-0.05, 0) is 30.7 Å². The summed E-state index contributed by atoms with van der Waals surface area (Å²) in [5.74, 6) is -1.57. The number of ether oxygens (including phenoxy) is 1. The number of benzene rings is 1. The molecule has 0 aliphatic heterocycles. The number of carbonyl (C=O) groups excluding carboxylic acids is 1. The van der Waals surface area contributed by atoms with E-state index in [1.165, 1.54) is 18.2 Å². The Morgan fingerprint density at radius 1 is 1.33 bits per heavy atom. The molecule has 1 aromatic carbocycles. The van der Waals surface area contributed by atoms with Crippen molar-refractivity contribution in [3.8, 4) is 5.75 Å². The number of carboxylic acids is 1. The number of hydrogen-bond acceptors (Lipinski definition) is 3. The van der Waals surface area contributed by atoms with Crippen molar-refractivity contribution in [1.29, 1.82) is 0 Å². The molecular weight excluding hydrogens is 291 g/mol. The topological polar surface area (TPSA) is 75.6 Å². The van der Waals surface area contributed by atoms with Crippen LogP contribution in [0.25, 0.3) is 0 Å². The molecule has 0 fully saturated rings. The summed E-state index contributed by atoms with van der Waals surface area (Å²) in [6, 6.07) is 4.36. The molecule has 0 unspecified atom stereocenters. The number of nitrogens with one attached hydrogen (secondary N) is 1. The molecule has 1 amide bonds. The average Bonchev–Trinajstić information content (AvgIpc) is 2.36. The van der Waals surface area contributed by atoms with Gasteiger partial charge in [0, 0.05) is 12.1 Å². The van der Waals surface area contributed by atoms with E-state index in [1.807, 2.05) is 0 Å². The van der Waals surface area contributed by atoms with Crippen LogP contribution in [-0.2, 0) is 9.59 Å². The van der Waals surface area contributed by atoms with E-state index in [9.17, 15) is 22.8 Å². The molecule has 5 nitrogen and oxygen atoms in total. The van der Waals surface area contributed by atoms with E-state index in [2.05, 4.69) is 5.32 Å². The summed E-state index contributed by atoms with van der Waals surface area (Å²) < 4.78 is 40.9. The number of carbonyl (C=O) groups is 2. The number of aryl methyl sites for hydroxylation is 1. The van der Waals surface area contributed by atoms with Gasteiger partial charge in [-0.2, -0.15) is 13.2 Å². The van der Waals surface area contributed by atoms with Crippen molar-refractivity contribution in [1.82, 2.24) is 0 Å². The minimum absolute atomic E-state index is 0.295. The van der Waals surface area contributed by atoms with Crippen LogP contribution in [0.3, 0.4) is 0 Å². The lowest BCUT2D eigenvalue weighted by Crippen LogP contribution is -2.17. The highest BCUT2D eigenvalue weighted by atomic mass is 19.4. The molecule has 0 atom stereocenters. The van der Waals surface area contributed by atoms with E-state index in [4.69, 9.17) is 9.84 Å². The highest BCUT2D eigenvalue weighted by Gasteiger charge is 2.27. The molecule has 0 aliphatic carbocycles. The number of rotatable bonds is 6. The van der Waals surface area contributed by atoms with Crippen LogP contribution in [0.5, 0.6) is 5.75 Å². The Morgan fingerprint density at radius 3 is 2.52 bits per heavy atom. The van der Waals surface area contributed by atoms with Crippen LogP contribution in [0.4, 0.5) is 18.9 Å². The second kappa shape index (κ2) is 6.96. The highest BCUT2D eigenvalue weighted by molar-refractivity contribution is 5.91. The average molecular weight is 305 g/mol. The van der Waals surface area contributed by atoms with Gasteiger partial charge in [-0.15, -0.1) is 0 Å². The summed E-state index contributed by atoms with van der Waals surface area (Å²) in [7, 11) is 0. The number of halogens is 3. The first-order chi connectivity index (χ1) is 9.67. The number of carboxylic acid groups (broad SMARTS) is 1. The van der Waals surface area contributed by atoms with Crippen molar-refractivity contribution in [3.05, 3.63) is 23.8 Å². The molecule has 116 valence electrons. The summed E-state index contributed by atoms with van der Waals surface area (Å²) in [4.78, 5) is 21.7. The fraction of sp³-hybridized carbons (Fsp3) is 0.385. The Hall–Kier alpha value is -2.25. The molecule has 2 N–H and O–H groups in total. The van der Waals surface area contributed by atoms with E-state index in [1.54, 1.807) is 6.92 Å². The predicted molar refractivity (Wildman–Crippen MR) is 68.2 cm³/mol. The fourth-order valence-electron chi connectivity index (χ4n) is 1.48. The molecule has 0 spiro atoms. The fourth-order valence-corrected chi connectivity index (χ4v) is 1.48. The van der Waals surface area contributed by atoms with Crippen LogP contribution >= 0.6 is 0 Å². The second-order valence-electron chi connectivity index (χ2n) is 4.32. The van der Waals surface area contributed by atoms with Gasteiger partial charge < -0.3 is 15.2 Å². The first-order valence-corrected chi connectivity index (χ1v) is 5.99. The van der Waals surface area contributed by atoms with Gasteiger partial charge in [-0.1, -0.05) is 0 Å². The molecule has 0 bridgehead atoms. The first-order valence-electron chi connectivity index (χ1n) is 5.99. The van der Waals surface area contributed by atoms with Crippen molar-refractivity contribution in [2.45, 2.75) is 25.9 Å². The first kappa shape index (κ1) is 16.8. The Labute approximate surface area is 118 Å². The Morgan fingerprint density at radius 2 is 2.00 bits per heavy atom. The second-order valence-corrected chi connectivity index (χ2v) is 4.32. The normalized spacial score (nSPS) is 11.0. The maximum absolute atomic E-state index is 12.0. The summed E-state index contributed by atoms with van der Waals surface area (Å²) in [5, 5.41) is 10.8. The Balaban J connectivity index is 2.60. The van der Waals surface area contributed by atoms with Crippen molar-refractivity contribution in [2.24, 2.45) is 0 Å². The molecular formula is C13H14F3NO4. The monoisotopic (exact) mass is 305 g/mol. The third-order valence-electron chi connectivity index (χ3n) is 2.47. The van der Waals surface area contributed by atoms with Crippen molar-refractivity contribution in [2.75, 3.05) is 11.9 Å². The SMILES string of the molecule is Cc1cc(OCC(=O)O)ccc1NC(=O)CCC(F)(F)F. The van der Waals surface area contributed by atoms with E-state index in [0.29, 0.717) is 17.0 Å². The number of amides is 1. The zero-order chi connectivity index (χ0) is 16.0. The van der Waals surface area contributed by atoms with Gasteiger partial charge in [0.25, 0.3) is 0 Å². The summed E-state index contributed by atoms with van der Waals surface area (Å²) >= 11 is 0. The lowest BCUT2D eigenvalue weighted by molar-refractivity contribution is -0.142. The van der Waals surface area contributed by atoms with Crippen LogP contribution in [0, 0.1) is 6.92 Å². The van der Waals surface area contributed by atoms with Crippen LogP contribution in [0.2, 0.25) is 0 Å². The van der Waals surface area contributed by atoms with Gasteiger partial charge in [0.2, 0.25) is 5.91 Å². The lowest BCUT2D eigenvalue weighted by Gasteiger charge is -2.11. The maximum atomic E-state index is 12.0. The molecule has 0 saturated heterocycles. The molecule has 0 aliphatic rings. The summed E-state index contributed by atoms with van der Waals surface area (Å²) in [6.45, 7) is 1.11. The van der Waals surface area contributed by atoms with Gasteiger partial charge in [-0.25, -0.2) is 4.79 Å². The molecule has 1 rings (SSSR count). The summed E-state index contributed by atoms with van der Waals surface area (Å²) in [6.07, 6.45) is -6.21. The standard InChI is InChI=1S/C13H14F3NO4/c1-8-6-9(21-7-12(19)20)2-3-10(8)17-11(18)4-5-13(14,15)16/h2-3,6H,4-5,7H2,1H3,(H,17,18)(H,19,20). The van der Waals surface area contributed by atoms with Crippen LogP contribution < -0.4 is 10.1 Å². The van der Waals surface area contributed by atoms with Gasteiger partial charge in [0.1, 0.15) is 5.75 Å². The van der Waals surface area contributed by atoms with E-state index in [-0.39, 0.29) is 0 Å². The highest BCUT2D eigenvalue weighted by Crippen LogP contribution is 2.24. The van der Waals surface area contributed by atoms with E-state index in [0.717, 1.165) is 0 Å². The van der Waals surface area contributed by atoms with Crippen LogP contribution in [0.1, 0.15) is 18.4 Å². The third kappa shape index (κ3) is 6.64. The molecule has 8 heteroatoms. The molecule has 0 heterocycles. The zero-order valence-corrected chi connectivity index (χ0v) is 11.2. The molecule has 21 heavy (non-hydrogen) atoms. The van der Waals surface area contributed by atoms with E-state index >= 15 is 0 Å². The molecule has 1 aromatic rings. The minimum atomic E-state index is -4.37. The lowest BCUT2D eigenvalue weighted by atomic mass is 10.2. The van der Waals surface area contributed by atoms with Crippen molar-refractivity contribution < 1.29 is 32.6 Å². The Kier molecular flexibility index (Phi) is 5.57. The largest absolute Gasteiger partial charge is 0.482 e. The van der Waals surface area contributed by atoms with Crippen molar-refractivity contribution in [3.63, 3.8) is 0 Å². The maximum Gasteiger partial charge on any atom is 0.389 e. The van der Waals surface area contributed by atoms with E-state index < -0.39 is 37.5 Å². The Bertz CT molecular complexity index is 529. The third-order valence-corrected chi connectivity index (χ3v) is 2.47. The van der Waals surface area contributed by atoms with Gasteiger partial charge >= 0.3 is 12.1 Å². The van der Waals surface area contributed by atoms with Crippen LogP contribution in [0.15, 0.2) is 18.2 Å². The summed E-state index contributed by atoms with van der Waals surface area (Å²) in [5.41, 5.74) is 0.906. The quantitative estimate of drug-likeness (QED) is 0.847. The molecule has 0 radical (unpaired) electrons. The molecule has 0 saturated carbocycles. The van der Waals surface area contributed by atoms with Gasteiger partial charge in [0.15, 0.2) is 6.61 Å². The van der Waals surface area contributed by atoms with Crippen molar-refractivity contribution >= 4 is 17.6 Å². The number of anilines is 1.